The molecule has 0 saturated heterocycles. The van der Waals surface area contributed by atoms with Crippen LogP contribution in [0.4, 0.5) is 5.69 Å². The smallest absolute Gasteiger partial charge is 0.101 e. The van der Waals surface area contributed by atoms with Gasteiger partial charge in [-0.3, -0.25) is 0 Å². The topological polar surface area (TPSA) is 47.3 Å². The molecule has 0 amide bonds. The maximum absolute atomic E-state index is 9.28. The number of aliphatic hydroxyl groups excluding tert-OH is 1. The number of rotatable bonds is 3. The summed E-state index contributed by atoms with van der Waals surface area (Å²) in [6, 6.07) is 8.46. The van der Waals surface area contributed by atoms with Crippen molar-refractivity contribution in [3.8, 4) is 6.07 Å². The van der Waals surface area contributed by atoms with E-state index < -0.39 is 0 Å². The van der Waals surface area contributed by atoms with E-state index in [4.69, 9.17) is 5.11 Å². The highest BCUT2D eigenvalue weighted by Gasteiger charge is 2.19. The predicted molar refractivity (Wildman–Crippen MR) is 77.0 cm³/mol. The Hall–Kier alpha value is -1.53. The van der Waals surface area contributed by atoms with E-state index in [1.165, 1.54) is 38.5 Å². The quantitative estimate of drug-likeness (QED) is 0.847. The molecule has 2 rings (SSSR count). The molecule has 19 heavy (non-hydrogen) atoms. The number of hydrogen-bond donors (Lipinski definition) is 1. The van der Waals surface area contributed by atoms with E-state index in [2.05, 4.69) is 18.0 Å². The van der Waals surface area contributed by atoms with Crippen LogP contribution in [0.3, 0.4) is 0 Å². The molecular weight excluding hydrogens is 236 g/mol. The number of anilines is 1. The second kappa shape index (κ2) is 6.58. The molecule has 1 aromatic rings. The molecule has 0 bridgehead atoms. The minimum absolute atomic E-state index is 0.0118. The van der Waals surface area contributed by atoms with Crippen molar-refractivity contribution in [3.63, 3.8) is 0 Å². The van der Waals surface area contributed by atoms with Gasteiger partial charge >= 0.3 is 0 Å². The SMILES string of the molecule is CN(c1ccc(CO)cc1C#N)C1CCCCCC1. The summed E-state index contributed by atoms with van der Waals surface area (Å²) in [7, 11) is 2.09. The van der Waals surface area contributed by atoms with Gasteiger partial charge in [-0.25, -0.2) is 0 Å². The molecule has 0 aromatic heterocycles. The van der Waals surface area contributed by atoms with Gasteiger partial charge in [-0.15, -0.1) is 0 Å². The van der Waals surface area contributed by atoms with E-state index >= 15 is 0 Å². The second-order valence-electron chi connectivity index (χ2n) is 5.38. The van der Waals surface area contributed by atoms with E-state index in [0.29, 0.717) is 11.6 Å². The van der Waals surface area contributed by atoms with Crippen molar-refractivity contribution in [1.82, 2.24) is 0 Å². The molecule has 0 aliphatic heterocycles. The van der Waals surface area contributed by atoms with Crippen molar-refractivity contribution in [2.75, 3.05) is 11.9 Å². The minimum atomic E-state index is -0.0118. The fourth-order valence-corrected chi connectivity index (χ4v) is 2.92. The lowest BCUT2D eigenvalue weighted by Gasteiger charge is -2.30. The molecule has 1 aromatic carbocycles. The van der Waals surface area contributed by atoms with Gasteiger partial charge in [-0.1, -0.05) is 31.7 Å². The maximum atomic E-state index is 9.28. The third kappa shape index (κ3) is 3.27. The molecule has 1 saturated carbocycles. The van der Waals surface area contributed by atoms with Crippen LogP contribution in [0.15, 0.2) is 18.2 Å². The van der Waals surface area contributed by atoms with Crippen LogP contribution in [0.2, 0.25) is 0 Å². The summed E-state index contributed by atoms with van der Waals surface area (Å²) in [6.07, 6.45) is 7.65. The van der Waals surface area contributed by atoms with Crippen LogP contribution in [-0.4, -0.2) is 18.2 Å². The van der Waals surface area contributed by atoms with Crippen molar-refractivity contribution in [2.45, 2.75) is 51.2 Å². The largest absolute Gasteiger partial charge is 0.392 e. The highest BCUT2D eigenvalue weighted by molar-refractivity contribution is 5.60. The Labute approximate surface area is 115 Å². The lowest BCUT2D eigenvalue weighted by molar-refractivity contribution is 0.282. The Morgan fingerprint density at radius 1 is 1.26 bits per heavy atom. The lowest BCUT2D eigenvalue weighted by Crippen LogP contribution is -2.31. The maximum Gasteiger partial charge on any atom is 0.101 e. The Kier molecular flexibility index (Phi) is 4.81. The number of nitrogens with zero attached hydrogens (tertiary/aromatic N) is 2. The molecule has 1 fully saturated rings. The van der Waals surface area contributed by atoms with E-state index in [0.717, 1.165) is 11.3 Å². The zero-order valence-electron chi connectivity index (χ0n) is 11.6. The van der Waals surface area contributed by atoms with Crippen LogP contribution >= 0.6 is 0 Å². The second-order valence-corrected chi connectivity index (χ2v) is 5.38. The first-order valence-electron chi connectivity index (χ1n) is 7.13. The molecule has 102 valence electrons. The summed E-state index contributed by atoms with van der Waals surface area (Å²) >= 11 is 0. The number of nitriles is 1. The first kappa shape index (κ1) is 13.9. The van der Waals surface area contributed by atoms with Crippen LogP contribution in [-0.2, 0) is 6.61 Å². The molecule has 0 spiro atoms. The molecule has 0 unspecified atom stereocenters. The predicted octanol–water partition coefficient (Wildman–Crippen LogP) is 3.21. The average molecular weight is 258 g/mol. The molecule has 1 N–H and O–H groups in total. The van der Waals surface area contributed by atoms with Crippen LogP contribution in [0.1, 0.15) is 49.7 Å². The molecule has 0 atom stereocenters. The Morgan fingerprint density at radius 2 is 1.95 bits per heavy atom. The van der Waals surface area contributed by atoms with Gasteiger partial charge in [0.25, 0.3) is 0 Å². The van der Waals surface area contributed by atoms with Crippen molar-refractivity contribution in [1.29, 1.82) is 5.26 Å². The van der Waals surface area contributed by atoms with Crippen LogP contribution in [0, 0.1) is 11.3 Å². The van der Waals surface area contributed by atoms with Gasteiger partial charge in [-0.05, 0) is 30.5 Å². The van der Waals surface area contributed by atoms with Gasteiger partial charge in [0.1, 0.15) is 6.07 Å². The molecule has 3 heteroatoms. The summed E-state index contributed by atoms with van der Waals surface area (Å²) in [5.74, 6) is 0. The Balaban J connectivity index is 2.22. The normalized spacial score (nSPS) is 16.7. The van der Waals surface area contributed by atoms with E-state index in [9.17, 15) is 5.26 Å². The molecule has 0 radical (unpaired) electrons. The van der Waals surface area contributed by atoms with Crippen LogP contribution in [0.25, 0.3) is 0 Å². The van der Waals surface area contributed by atoms with Crippen molar-refractivity contribution in [3.05, 3.63) is 29.3 Å². The van der Waals surface area contributed by atoms with Gasteiger partial charge < -0.3 is 10.0 Å². The summed E-state index contributed by atoms with van der Waals surface area (Å²) in [6.45, 7) is -0.0118. The van der Waals surface area contributed by atoms with Gasteiger partial charge in [-0.2, -0.15) is 5.26 Å². The number of hydrogen-bond acceptors (Lipinski definition) is 3. The summed E-state index contributed by atoms with van der Waals surface area (Å²) in [5, 5.41) is 18.4. The van der Waals surface area contributed by atoms with Crippen molar-refractivity contribution >= 4 is 5.69 Å². The highest BCUT2D eigenvalue weighted by atomic mass is 16.3. The van der Waals surface area contributed by atoms with Gasteiger partial charge in [0.2, 0.25) is 0 Å². The summed E-state index contributed by atoms with van der Waals surface area (Å²) in [5.41, 5.74) is 2.46. The van der Waals surface area contributed by atoms with Gasteiger partial charge in [0.05, 0.1) is 17.9 Å². The minimum Gasteiger partial charge on any atom is -0.392 e. The molecule has 0 heterocycles. The van der Waals surface area contributed by atoms with Crippen LogP contribution < -0.4 is 4.90 Å². The Morgan fingerprint density at radius 3 is 2.53 bits per heavy atom. The first-order valence-corrected chi connectivity index (χ1v) is 7.13. The summed E-state index contributed by atoms with van der Waals surface area (Å²) in [4.78, 5) is 2.25. The number of aliphatic hydroxyl groups is 1. The van der Waals surface area contributed by atoms with E-state index in [1.807, 2.05) is 12.1 Å². The third-order valence-electron chi connectivity index (χ3n) is 4.12. The zero-order valence-corrected chi connectivity index (χ0v) is 11.6. The monoisotopic (exact) mass is 258 g/mol. The fourth-order valence-electron chi connectivity index (χ4n) is 2.92. The lowest BCUT2D eigenvalue weighted by atomic mass is 10.0. The molecule has 3 nitrogen and oxygen atoms in total. The van der Waals surface area contributed by atoms with Crippen molar-refractivity contribution in [2.24, 2.45) is 0 Å². The average Bonchev–Trinajstić information content (AvgIpc) is 2.74. The number of benzene rings is 1. The van der Waals surface area contributed by atoms with Crippen molar-refractivity contribution < 1.29 is 5.11 Å². The van der Waals surface area contributed by atoms with E-state index in [-0.39, 0.29) is 6.61 Å². The third-order valence-corrected chi connectivity index (χ3v) is 4.12. The zero-order chi connectivity index (χ0) is 13.7. The highest BCUT2D eigenvalue weighted by Crippen LogP contribution is 2.28. The summed E-state index contributed by atoms with van der Waals surface area (Å²) < 4.78 is 0. The molecular formula is C16H22N2O. The van der Waals surface area contributed by atoms with Crippen LogP contribution in [0.5, 0.6) is 0 Å². The first-order chi connectivity index (χ1) is 9.26. The fraction of sp³-hybridized carbons (Fsp3) is 0.562. The van der Waals surface area contributed by atoms with E-state index in [1.54, 1.807) is 6.07 Å². The van der Waals surface area contributed by atoms with Gasteiger partial charge in [0, 0.05) is 13.1 Å². The molecule has 1 aliphatic rings. The standard InChI is InChI=1S/C16H22N2O/c1-18(15-6-4-2-3-5-7-15)16-9-8-13(12-19)10-14(16)11-17/h8-10,15,19H,2-7,12H2,1H3. The molecule has 1 aliphatic carbocycles. The Bertz CT molecular complexity index is 456. The van der Waals surface area contributed by atoms with Gasteiger partial charge in [0.15, 0.2) is 0 Å².